The summed E-state index contributed by atoms with van der Waals surface area (Å²) in [5.74, 6) is 0.817. The zero-order valence-corrected chi connectivity index (χ0v) is 26.2. The summed E-state index contributed by atoms with van der Waals surface area (Å²) in [5, 5.41) is 0. The van der Waals surface area contributed by atoms with E-state index in [-0.39, 0.29) is 30.3 Å². The van der Waals surface area contributed by atoms with Gasteiger partial charge in [0.25, 0.3) is 14.1 Å². The molecule has 2 aromatic rings. The van der Waals surface area contributed by atoms with Gasteiger partial charge in [0.1, 0.15) is 6.10 Å². The molecule has 1 aromatic carbocycles. The van der Waals surface area contributed by atoms with Crippen LogP contribution in [0, 0.1) is 0 Å². The number of hydrogen-bond acceptors (Lipinski definition) is 8. The van der Waals surface area contributed by atoms with Gasteiger partial charge in [0.15, 0.2) is 12.4 Å². The average Bonchev–Trinajstić information content (AvgIpc) is 3.17. The van der Waals surface area contributed by atoms with Crippen LogP contribution in [0.25, 0.3) is 0 Å². The van der Waals surface area contributed by atoms with Crippen LogP contribution >= 0.6 is 30.1 Å². The van der Waals surface area contributed by atoms with Crippen molar-refractivity contribution in [3.63, 3.8) is 0 Å². The fourth-order valence-electron chi connectivity index (χ4n) is 4.13. The zero-order chi connectivity index (χ0) is 29.6. The molecule has 0 radical (unpaired) electrons. The number of nitrogens with zero attached hydrogens (tertiary/aromatic N) is 2. The number of halogens is 1. The number of aromatic amines is 1. The number of alkyl halides is 1. The molecule has 1 N–H and O–H groups in total. The number of nitrogens with one attached hydrogen (secondary N) is 1. The Hall–Kier alpha value is -1.20. The van der Waals surface area contributed by atoms with Gasteiger partial charge in [-0.05, 0) is 45.7 Å². The van der Waals surface area contributed by atoms with E-state index < -0.39 is 44.4 Å². The highest BCUT2D eigenvalue weighted by Crippen LogP contribution is 2.51. The van der Waals surface area contributed by atoms with Crippen molar-refractivity contribution in [3.8, 4) is 0 Å². The fraction of sp³-hybridized carbons (Fsp3) is 0.630. The molecule has 5 atom stereocenters. The molecule has 1 aromatic heterocycles. The second-order valence-corrected chi connectivity index (χ2v) is 15.4. The monoisotopic (exact) mass is 602 g/mol. The molecule has 0 saturated carbocycles. The third-order valence-electron chi connectivity index (χ3n) is 5.82. The van der Waals surface area contributed by atoms with Crippen LogP contribution in [-0.4, -0.2) is 49.4 Å². The first-order chi connectivity index (χ1) is 18.8. The van der Waals surface area contributed by atoms with Crippen molar-refractivity contribution in [2.24, 2.45) is 0 Å². The van der Waals surface area contributed by atoms with Crippen molar-refractivity contribution < 1.29 is 19.5 Å². The van der Waals surface area contributed by atoms with Crippen molar-refractivity contribution >= 4 is 30.1 Å². The Morgan fingerprint density at radius 3 is 2.44 bits per heavy atom. The van der Waals surface area contributed by atoms with Gasteiger partial charge in [0, 0.05) is 36.2 Å². The lowest BCUT2D eigenvalue weighted by atomic mass is 10.1. The summed E-state index contributed by atoms with van der Waals surface area (Å²) in [6.07, 6.45) is -3.95. The molecule has 1 saturated heterocycles. The Morgan fingerprint density at radius 2 is 1.85 bits per heavy atom. The molecular weight excluding hydrogens is 560 g/mol. The van der Waals surface area contributed by atoms with Crippen molar-refractivity contribution in [1.82, 2.24) is 14.2 Å². The summed E-state index contributed by atoms with van der Waals surface area (Å²) >= 11 is 0. The molecule has 1 fully saturated rings. The fourth-order valence-corrected chi connectivity index (χ4v) is 8.34. The molecule has 12 heteroatoms. The molecule has 0 amide bonds. The Bertz CT molecular complexity index is 1200. The molecule has 0 bridgehead atoms. The zero-order valence-electron chi connectivity index (χ0n) is 24.6. The SMILES string of the molecule is [2H]C[C@H]1O[C@@H](n2ccc(=O)[nH]c2=O)[C@@H](F)C1OP(OCc1ccccc1CSSC(C)(C)C)N(C(C)C)C(C)C. The van der Waals surface area contributed by atoms with E-state index in [2.05, 4.69) is 36.5 Å². The van der Waals surface area contributed by atoms with E-state index in [4.69, 9.17) is 15.2 Å². The first-order valence-corrected chi connectivity index (χ1v) is 16.4. The number of rotatable bonds is 12. The molecule has 2 heterocycles. The second-order valence-electron chi connectivity index (χ2n) is 10.9. The highest BCUT2D eigenvalue weighted by Gasteiger charge is 2.47. The Morgan fingerprint density at radius 1 is 1.18 bits per heavy atom. The van der Waals surface area contributed by atoms with E-state index in [9.17, 15) is 9.59 Å². The molecule has 1 aliphatic rings. The highest BCUT2D eigenvalue weighted by atomic mass is 33.1. The number of hydrogen-bond donors (Lipinski definition) is 1. The molecule has 0 spiro atoms. The number of ether oxygens (including phenoxy) is 1. The summed E-state index contributed by atoms with van der Waals surface area (Å²) in [7, 11) is 1.86. The van der Waals surface area contributed by atoms with Crippen LogP contribution in [0.4, 0.5) is 4.39 Å². The van der Waals surface area contributed by atoms with Crippen LogP contribution in [0.2, 0.25) is 0 Å². The number of aromatic nitrogens is 2. The predicted molar refractivity (Wildman–Crippen MR) is 160 cm³/mol. The summed E-state index contributed by atoms with van der Waals surface area (Å²) < 4.78 is 45.7. The van der Waals surface area contributed by atoms with Crippen molar-refractivity contribution in [1.29, 1.82) is 0 Å². The minimum Gasteiger partial charge on any atom is -0.349 e. The van der Waals surface area contributed by atoms with Gasteiger partial charge in [0.05, 0.1) is 12.7 Å². The van der Waals surface area contributed by atoms with Crippen LogP contribution in [0.15, 0.2) is 46.1 Å². The lowest BCUT2D eigenvalue weighted by molar-refractivity contribution is -0.0181. The van der Waals surface area contributed by atoms with E-state index in [1.807, 2.05) is 56.7 Å². The predicted octanol–water partition coefficient (Wildman–Crippen LogP) is 6.42. The van der Waals surface area contributed by atoms with Gasteiger partial charge in [-0.2, -0.15) is 0 Å². The Labute approximate surface area is 241 Å². The van der Waals surface area contributed by atoms with Gasteiger partial charge in [-0.1, -0.05) is 66.6 Å². The summed E-state index contributed by atoms with van der Waals surface area (Å²) in [4.78, 5) is 26.0. The number of H-pyrrole nitrogens is 1. The Balaban J connectivity index is 1.83. The van der Waals surface area contributed by atoms with Crippen LogP contribution in [0.1, 0.15) is 74.1 Å². The van der Waals surface area contributed by atoms with E-state index in [1.165, 1.54) is 6.20 Å². The van der Waals surface area contributed by atoms with E-state index in [0.29, 0.717) is 0 Å². The topological polar surface area (TPSA) is 85.8 Å². The first kappa shape index (κ1) is 30.8. The van der Waals surface area contributed by atoms with Gasteiger partial charge < -0.3 is 13.8 Å². The molecule has 8 nitrogen and oxygen atoms in total. The molecule has 39 heavy (non-hydrogen) atoms. The van der Waals surface area contributed by atoms with Crippen molar-refractivity contribution in [2.75, 3.05) is 0 Å². The first-order valence-electron chi connectivity index (χ1n) is 13.7. The number of benzene rings is 1. The lowest BCUT2D eigenvalue weighted by Crippen LogP contribution is -2.38. The van der Waals surface area contributed by atoms with E-state index in [0.717, 1.165) is 27.5 Å². The van der Waals surface area contributed by atoms with Gasteiger partial charge in [-0.15, -0.1) is 0 Å². The average molecular weight is 603 g/mol. The van der Waals surface area contributed by atoms with Gasteiger partial charge >= 0.3 is 5.69 Å². The normalized spacial score (nSPS) is 23.1. The summed E-state index contributed by atoms with van der Waals surface area (Å²) in [5.41, 5.74) is 0.820. The van der Waals surface area contributed by atoms with E-state index in [1.54, 1.807) is 10.8 Å². The quantitative estimate of drug-likeness (QED) is 0.220. The lowest BCUT2D eigenvalue weighted by Gasteiger charge is -2.37. The standard InChI is InChI=1S/C27H41FN3O5PS2/c1-17(2)31(18(3)4)37(34-15-20-11-9-10-12-21(20)16-38-39-27(6,7)8)36-24-19(5)35-25(23(24)28)30-14-13-22(32)29-26(30)33/h9-14,17-19,23-25H,15-16H2,1-8H3,(H,29,32,33)/t19-,23+,24?,25-,37?/m1/s1/i5D. The second kappa shape index (κ2) is 14.1. The van der Waals surface area contributed by atoms with E-state index >= 15 is 4.39 Å². The van der Waals surface area contributed by atoms with Gasteiger partial charge in [0.2, 0.25) is 0 Å². The molecule has 0 aliphatic carbocycles. The van der Waals surface area contributed by atoms with Crippen LogP contribution in [0.3, 0.4) is 0 Å². The van der Waals surface area contributed by atoms with Gasteiger partial charge in [-0.3, -0.25) is 14.3 Å². The maximum atomic E-state index is 15.9. The highest BCUT2D eigenvalue weighted by molar-refractivity contribution is 8.76. The summed E-state index contributed by atoms with van der Waals surface area (Å²) in [6, 6.07) is 9.30. The Kier molecular flexibility index (Phi) is 11.1. The molecular formula is C27H41FN3O5PS2. The molecule has 1 aliphatic heterocycles. The van der Waals surface area contributed by atoms with Crippen LogP contribution < -0.4 is 11.2 Å². The third kappa shape index (κ3) is 8.89. The largest absolute Gasteiger partial charge is 0.349 e. The smallest absolute Gasteiger partial charge is 0.330 e. The molecule has 3 rings (SSSR count). The van der Waals surface area contributed by atoms with Crippen molar-refractivity contribution in [3.05, 3.63) is 68.5 Å². The molecule has 2 unspecified atom stereocenters. The third-order valence-corrected chi connectivity index (χ3v) is 11.2. The van der Waals surface area contributed by atoms with Crippen LogP contribution in [0.5, 0.6) is 0 Å². The maximum Gasteiger partial charge on any atom is 0.330 e. The van der Waals surface area contributed by atoms with Gasteiger partial charge in [-0.25, -0.2) is 13.9 Å². The minimum absolute atomic E-state index is 0.0348. The van der Waals surface area contributed by atoms with Crippen molar-refractivity contribution in [2.45, 2.75) is 109 Å². The van der Waals surface area contributed by atoms with Crippen LogP contribution in [-0.2, 0) is 26.1 Å². The maximum absolute atomic E-state index is 15.9. The summed E-state index contributed by atoms with van der Waals surface area (Å²) in [6.45, 7) is 14.7. The minimum atomic E-state index is -1.77. The molecule has 218 valence electrons.